The fourth-order valence-corrected chi connectivity index (χ4v) is 2.68. The van der Waals surface area contributed by atoms with Gasteiger partial charge in [0.05, 0.1) is 16.8 Å². The van der Waals surface area contributed by atoms with Crippen LogP contribution < -0.4 is 15.0 Å². The minimum absolute atomic E-state index is 0.0952. The zero-order valence-electron chi connectivity index (χ0n) is 15.2. The Morgan fingerprint density at radius 2 is 1.77 bits per heavy atom. The number of nitrogens with one attached hydrogen (secondary N) is 1. The van der Waals surface area contributed by atoms with Crippen LogP contribution in [0, 0.1) is 0 Å². The van der Waals surface area contributed by atoms with Gasteiger partial charge in [0.1, 0.15) is 5.75 Å². The standard InChI is InChI=1S/C20H23ClN2O3/c1-14(2)26-17-10-8-16(9-11-17)22-20(25)12-13-23(15(3)24)19-7-5-4-6-18(19)21/h4-11,14H,12-13H2,1-3H3,(H,22,25). The summed E-state index contributed by atoms with van der Waals surface area (Å²) in [6.45, 7) is 5.61. The van der Waals surface area contributed by atoms with Gasteiger partial charge in [-0.25, -0.2) is 0 Å². The van der Waals surface area contributed by atoms with Crippen LogP contribution in [0.2, 0.25) is 5.02 Å². The molecule has 0 aromatic heterocycles. The average Bonchev–Trinajstić information content (AvgIpc) is 2.57. The molecule has 2 aromatic rings. The maximum atomic E-state index is 12.2. The lowest BCUT2D eigenvalue weighted by molar-refractivity contribution is -0.117. The molecule has 5 nitrogen and oxygen atoms in total. The second kappa shape index (κ2) is 9.25. The van der Waals surface area contributed by atoms with Crippen molar-refractivity contribution in [3.63, 3.8) is 0 Å². The van der Waals surface area contributed by atoms with Gasteiger partial charge in [0.2, 0.25) is 11.8 Å². The van der Waals surface area contributed by atoms with E-state index in [1.165, 1.54) is 11.8 Å². The first-order chi connectivity index (χ1) is 12.4. The predicted molar refractivity (Wildman–Crippen MR) is 105 cm³/mol. The summed E-state index contributed by atoms with van der Waals surface area (Å²) >= 11 is 6.15. The van der Waals surface area contributed by atoms with Crippen LogP contribution in [0.25, 0.3) is 0 Å². The van der Waals surface area contributed by atoms with Crippen LogP contribution in [0.1, 0.15) is 27.2 Å². The zero-order valence-corrected chi connectivity index (χ0v) is 15.9. The highest BCUT2D eigenvalue weighted by Crippen LogP contribution is 2.25. The minimum atomic E-state index is -0.180. The van der Waals surface area contributed by atoms with Gasteiger partial charge in [0.25, 0.3) is 0 Å². The summed E-state index contributed by atoms with van der Waals surface area (Å²) in [6, 6.07) is 14.3. The summed E-state index contributed by atoms with van der Waals surface area (Å²) in [7, 11) is 0. The van der Waals surface area contributed by atoms with Gasteiger partial charge < -0.3 is 15.0 Å². The molecule has 0 saturated carbocycles. The Hall–Kier alpha value is -2.53. The molecule has 138 valence electrons. The van der Waals surface area contributed by atoms with E-state index in [9.17, 15) is 9.59 Å². The van der Waals surface area contributed by atoms with E-state index in [1.807, 2.05) is 13.8 Å². The molecule has 0 atom stereocenters. The number of halogens is 1. The van der Waals surface area contributed by atoms with Crippen LogP contribution in [0.5, 0.6) is 5.75 Å². The highest BCUT2D eigenvalue weighted by Gasteiger charge is 2.16. The quantitative estimate of drug-likeness (QED) is 0.775. The summed E-state index contributed by atoms with van der Waals surface area (Å²) in [5, 5.41) is 3.29. The van der Waals surface area contributed by atoms with Crippen molar-refractivity contribution in [3.8, 4) is 5.75 Å². The number of nitrogens with zero attached hydrogens (tertiary/aromatic N) is 1. The largest absolute Gasteiger partial charge is 0.491 e. The monoisotopic (exact) mass is 374 g/mol. The van der Waals surface area contributed by atoms with Crippen molar-refractivity contribution in [3.05, 3.63) is 53.6 Å². The summed E-state index contributed by atoms with van der Waals surface area (Å²) in [4.78, 5) is 25.6. The first-order valence-electron chi connectivity index (χ1n) is 8.46. The first kappa shape index (κ1) is 19.8. The third-order valence-electron chi connectivity index (χ3n) is 3.60. The molecule has 0 radical (unpaired) electrons. The van der Waals surface area contributed by atoms with Crippen molar-refractivity contribution < 1.29 is 14.3 Å². The van der Waals surface area contributed by atoms with Crippen molar-refractivity contribution in [1.29, 1.82) is 0 Å². The number of hydrogen-bond acceptors (Lipinski definition) is 3. The Morgan fingerprint density at radius 3 is 2.35 bits per heavy atom. The summed E-state index contributed by atoms with van der Waals surface area (Å²) < 4.78 is 5.57. The van der Waals surface area contributed by atoms with Gasteiger partial charge in [-0.3, -0.25) is 9.59 Å². The van der Waals surface area contributed by atoms with Crippen molar-refractivity contribution >= 4 is 34.8 Å². The van der Waals surface area contributed by atoms with E-state index >= 15 is 0 Å². The second-order valence-electron chi connectivity index (χ2n) is 6.11. The summed E-state index contributed by atoms with van der Waals surface area (Å²) in [6.07, 6.45) is 0.257. The number of ether oxygens (including phenoxy) is 1. The fraction of sp³-hybridized carbons (Fsp3) is 0.300. The van der Waals surface area contributed by atoms with Crippen LogP contribution in [-0.2, 0) is 9.59 Å². The van der Waals surface area contributed by atoms with E-state index in [4.69, 9.17) is 16.3 Å². The molecule has 0 saturated heterocycles. The van der Waals surface area contributed by atoms with Crippen LogP contribution in [0.15, 0.2) is 48.5 Å². The molecule has 0 spiro atoms. The normalized spacial score (nSPS) is 10.5. The Kier molecular flexibility index (Phi) is 7.04. The molecule has 0 aliphatic heterocycles. The van der Waals surface area contributed by atoms with Crippen molar-refractivity contribution in [2.45, 2.75) is 33.3 Å². The Labute approximate surface area is 158 Å². The van der Waals surface area contributed by atoms with E-state index < -0.39 is 0 Å². The fourth-order valence-electron chi connectivity index (χ4n) is 2.44. The van der Waals surface area contributed by atoms with Gasteiger partial charge in [0.15, 0.2) is 0 Å². The number of para-hydroxylation sites is 1. The van der Waals surface area contributed by atoms with Crippen LogP contribution in [-0.4, -0.2) is 24.5 Å². The minimum Gasteiger partial charge on any atom is -0.491 e. The Bertz CT molecular complexity index is 760. The molecule has 0 heterocycles. The number of amides is 2. The number of carbonyl (C=O) groups is 2. The molecule has 2 amide bonds. The van der Waals surface area contributed by atoms with E-state index in [0.717, 1.165) is 5.75 Å². The molecule has 2 aromatic carbocycles. The van der Waals surface area contributed by atoms with E-state index in [1.54, 1.807) is 48.5 Å². The maximum Gasteiger partial charge on any atom is 0.226 e. The molecule has 1 N–H and O–H groups in total. The molecule has 0 aliphatic carbocycles. The third kappa shape index (κ3) is 5.77. The molecule has 0 unspecified atom stereocenters. The van der Waals surface area contributed by atoms with Gasteiger partial charge >= 0.3 is 0 Å². The first-order valence-corrected chi connectivity index (χ1v) is 8.84. The predicted octanol–water partition coefficient (Wildman–Crippen LogP) is 4.51. The maximum absolute atomic E-state index is 12.2. The Balaban J connectivity index is 1.94. The van der Waals surface area contributed by atoms with Crippen LogP contribution in [0.3, 0.4) is 0 Å². The van der Waals surface area contributed by atoms with Crippen molar-refractivity contribution in [1.82, 2.24) is 0 Å². The number of benzene rings is 2. The van der Waals surface area contributed by atoms with Crippen molar-refractivity contribution in [2.75, 3.05) is 16.8 Å². The molecule has 2 rings (SSSR count). The molecule has 0 fully saturated rings. The highest BCUT2D eigenvalue weighted by atomic mass is 35.5. The van der Waals surface area contributed by atoms with E-state index in [2.05, 4.69) is 5.32 Å². The molecule has 0 bridgehead atoms. The van der Waals surface area contributed by atoms with Gasteiger partial charge in [-0.15, -0.1) is 0 Å². The molecular formula is C20H23ClN2O3. The van der Waals surface area contributed by atoms with Gasteiger partial charge in [-0.1, -0.05) is 23.7 Å². The number of carbonyl (C=O) groups excluding carboxylic acids is 2. The van der Waals surface area contributed by atoms with E-state index in [-0.39, 0.29) is 30.9 Å². The number of anilines is 2. The lowest BCUT2D eigenvalue weighted by Gasteiger charge is -2.22. The van der Waals surface area contributed by atoms with Gasteiger partial charge in [-0.2, -0.15) is 0 Å². The number of hydrogen-bond donors (Lipinski definition) is 1. The smallest absolute Gasteiger partial charge is 0.226 e. The van der Waals surface area contributed by atoms with Gasteiger partial charge in [-0.05, 0) is 50.2 Å². The second-order valence-corrected chi connectivity index (χ2v) is 6.52. The molecule has 0 aliphatic rings. The molecule has 6 heteroatoms. The average molecular weight is 375 g/mol. The van der Waals surface area contributed by atoms with Crippen LogP contribution >= 0.6 is 11.6 Å². The van der Waals surface area contributed by atoms with Crippen LogP contribution in [0.4, 0.5) is 11.4 Å². The lowest BCUT2D eigenvalue weighted by atomic mass is 10.2. The van der Waals surface area contributed by atoms with E-state index in [0.29, 0.717) is 16.4 Å². The molecular weight excluding hydrogens is 352 g/mol. The summed E-state index contributed by atoms with van der Waals surface area (Å²) in [5.41, 5.74) is 1.28. The Morgan fingerprint density at radius 1 is 1.12 bits per heavy atom. The van der Waals surface area contributed by atoms with Gasteiger partial charge in [0, 0.05) is 25.6 Å². The number of rotatable bonds is 7. The topological polar surface area (TPSA) is 58.6 Å². The third-order valence-corrected chi connectivity index (χ3v) is 3.92. The SMILES string of the molecule is CC(=O)N(CCC(=O)Nc1ccc(OC(C)C)cc1)c1ccccc1Cl. The highest BCUT2D eigenvalue weighted by molar-refractivity contribution is 6.33. The lowest BCUT2D eigenvalue weighted by Crippen LogP contribution is -2.32. The zero-order chi connectivity index (χ0) is 19.1. The molecule has 26 heavy (non-hydrogen) atoms. The van der Waals surface area contributed by atoms with Crippen molar-refractivity contribution in [2.24, 2.45) is 0 Å². The summed E-state index contributed by atoms with van der Waals surface area (Å²) in [5.74, 6) is 0.404.